The number of aliphatic hydroxyl groups excluding tert-OH is 1. The van der Waals surface area contributed by atoms with Crippen molar-refractivity contribution in [3.63, 3.8) is 0 Å². The first kappa shape index (κ1) is 11.2. The number of hydrogen-bond acceptors (Lipinski definition) is 2. The summed E-state index contributed by atoms with van der Waals surface area (Å²) in [6.45, 7) is 0.606. The van der Waals surface area contributed by atoms with Crippen LogP contribution >= 0.6 is 0 Å². The lowest BCUT2D eigenvalue weighted by molar-refractivity contribution is -0.118. The molecule has 1 atom stereocenters. The highest BCUT2D eigenvalue weighted by molar-refractivity contribution is 5.73. The molecule has 1 amide bonds. The predicted octanol–water partition coefficient (Wildman–Crippen LogP) is 1.12. The van der Waals surface area contributed by atoms with E-state index in [-0.39, 0.29) is 12.0 Å². The van der Waals surface area contributed by atoms with Gasteiger partial charge in [-0.15, -0.1) is 0 Å². The van der Waals surface area contributed by atoms with Gasteiger partial charge in [0.1, 0.15) is 0 Å². The van der Waals surface area contributed by atoms with Gasteiger partial charge in [0.15, 0.2) is 0 Å². The molecule has 0 aromatic carbocycles. The Hall–Kier alpha value is -1.29. The zero-order chi connectivity index (χ0) is 11.5. The zero-order valence-corrected chi connectivity index (χ0v) is 9.35. The van der Waals surface area contributed by atoms with Gasteiger partial charge < -0.3 is 15.4 Å². The predicted molar refractivity (Wildman–Crippen MR) is 60.8 cm³/mol. The van der Waals surface area contributed by atoms with Gasteiger partial charge in [-0.2, -0.15) is 0 Å². The summed E-state index contributed by atoms with van der Waals surface area (Å²) in [6.07, 6.45) is 8.07. The maximum Gasteiger partial charge on any atom is 0.219 e. The Labute approximate surface area is 95.1 Å². The molecule has 0 saturated carbocycles. The summed E-state index contributed by atoms with van der Waals surface area (Å²) in [5.74, 6) is -0.288. The van der Waals surface area contributed by atoms with Crippen molar-refractivity contribution in [2.45, 2.75) is 44.8 Å². The number of primary amides is 1. The molecule has 1 aromatic rings. The second kappa shape index (κ2) is 4.70. The minimum absolute atomic E-state index is 0.288. The molecule has 0 spiro atoms. The Morgan fingerprint density at radius 1 is 1.50 bits per heavy atom. The van der Waals surface area contributed by atoms with Crippen molar-refractivity contribution in [1.29, 1.82) is 0 Å². The molecule has 1 aliphatic rings. The van der Waals surface area contributed by atoms with E-state index in [9.17, 15) is 9.90 Å². The van der Waals surface area contributed by atoms with Crippen LogP contribution in [-0.2, 0) is 17.8 Å². The Balaban J connectivity index is 2.12. The van der Waals surface area contributed by atoms with E-state index in [0.717, 1.165) is 31.2 Å². The number of fused-ring (bicyclic) bond motifs is 1. The molecule has 2 rings (SSSR count). The fourth-order valence-corrected chi connectivity index (χ4v) is 2.26. The largest absolute Gasteiger partial charge is 0.388 e. The SMILES string of the molecule is NC(=O)CCn1cc2c(c1)C(O)CCCC2. The van der Waals surface area contributed by atoms with Crippen LogP contribution in [0.25, 0.3) is 0 Å². The van der Waals surface area contributed by atoms with Gasteiger partial charge in [-0.25, -0.2) is 0 Å². The molecular weight excluding hydrogens is 204 g/mol. The van der Waals surface area contributed by atoms with Crippen LogP contribution in [0.5, 0.6) is 0 Å². The topological polar surface area (TPSA) is 68.2 Å². The second-order valence-corrected chi connectivity index (χ2v) is 4.45. The molecule has 16 heavy (non-hydrogen) atoms. The first-order valence-electron chi connectivity index (χ1n) is 5.82. The number of hydrogen-bond donors (Lipinski definition) is 2. The number of nitrogens with zero attached hydrogens (tertiary/aromatic N) is 1. The molecule has 0 saturated heterocycles. The molecule has 0 aliphatic heterocycles. The molecule has 0 radical (unpaired) electrons. The third-order valence-corrected chi connectivity index (χ3v) is 3.15. The van der Waals surface area contributed by atoms with Gasteiger partial charge in [-0.05, 0) is 24.8 Å². The van der Waals surface area contributed by atoms with Crippen LogP contribution in [0.4, 0.5) is 0 Å². The van der Waals surface area contributed by atoms with E-state index < -0.39 is 0 Å². The molecule has 0 bridgehead atoms. The third kappa shape index (κ3) is 2.44. The lowest BCUT2D eigenvalue weighted by Crippen LogP contribution is -2.13. The summed E-state index contributed by atoms with van der Waals surface area (Å²) in [5, 5.41) is 9.93. The summed E-state index contributed by atoms with van der Waals surface area (Å²) >= 11 is 0. The van der Waals surface area contributed by atoms with Gasteiger partial charge in [0.05, 0.1) is 6.10 Å². The van der Waals surface area contributed by atoms with Crippen molar-refractivity contribution in [3.8, 4) is 0 Å². The van der Waals surface area contributed by atoms with Crippen LogP contribution in [-0.4, -0.2) is 15.6 Å². The molecular formula is C12H18N2O2. The molecule has 1 unspecified atom stereocenters. The number of carbonyl (C=O) groups excluding carboxylic acids is 1. The molecule has 1 aromatic heterocycles. The van der Waals surface area contributed by atoms with E-state index in [1.165, 1.54) is 5.56 Å². The van der Waals surface area contributed by atoms with Crippen LogP contribution in [0.1, 0.15) is 42.9 Å². The van der Waals surface area contributed by atoms with Crippen LogP contribution in [0.15, 0.2) is 12.4 Å². The van der Waals surface area contributed by atoms with Crippen molar-refractivity contribution in [2.24, 2.45) is 5.73 Å². The number of amides is 1. The normalized spacial score (nSPS) is 20.2. The summed E-state index contributed by atoms with van der Waals surface area (Å²) in [7, 11) is 0. The van der Waals surface area contributed by atoms with E-state index in [1.54, 1.807) is 0 Å². The van der Waals surface area contributed by atoms with Crippen LogP contribution in [0, 0.1) is 0 Å². The average Bonchev–Trinajstić information content (AvgIpc) is 2.57. The highest BCUT2D eigenvalue weighted by atomic mass is 16.3. The van der Waals surface area contributed by atoms with Gasteiger partial charge >= 0.3 is 0 Å². The van der Waals surface area contributed by atoms with E-state index >= 15 is 0 Å². The van der Waals surface area contributed by atoms with Crippen molar-refractivity contribution < 1.29 is 9.90 Å². The number of carbonyl (C=O) groups is 1. The van der Waals surface area contributed by atoms with Crippen molar-refractivity contribution in [1.82, 2.24) is 4.57 Å². The van der Waals surface area contributed by atoms with Crippen molar-refractivity contribution in [3.05, 3.63) is 23.5 Å². The number of aliphatic hydroxyl groups is 1. The molecule has 1 heterocycles. The smallest absolute Gasteiger partial charge is 0.219 e. The van der Waals surface area contributed by atoms with E-state index in [2.05, 4.69) is 0 Å². The van der Waals surface area contributed by atoms with E-state index in [0.29, 0.717) is 13.0 Å². The quantitative estimate of drug-likeness (QED) is 0.752. The standard InChI is InChI=1S/C12H18N2O2/c13-12(16)5-6-14-7-9-3-1-2-4-11(15)10(9)8-14/h7-8,11,15H,1-6H2,(H2,13,16). The number of aryl methyl sites for hydroxylation is 2. The van der Waals surface area contributed by atoms with Gasteiger partial charge in [-0.1, -0.05) is 6.42 Å². The maximum absolute atomic E-state index is 10.7. The molecule has 4 heteroatoms. The Morgan fingerprint density at radius 3 is 3.06 bits per heavy atom. The number of nitrogens with two attached hydrogens (primary N) is 1. The van der Waals surface area contributed by atoms with Crippen molar-refractivity contribution in [2.75, 3.05) is 0 Å². The van der Waals surface area contributed by atoms with Gasteiger partial charge in [-0.3, -0.25) is 4.79 Å². The zero-order valence-electron chi connectivity index (χ0n) is 9.35. The minimum Gasteiger partial charge on any atom is -0.388 e. The van der Waals surface area contributed by atoms with Gasteiger partial charge in [0.25, 0.3) is 0 Å². The van der Waals surface area contributed by atoms with Gasteiger partial charge in [0.2, 0.25) is 5.91 Å². The summed E-state index contributed by atoms with van der Waals surface area (Å²) in [4.78, 5) is 10.7. The highest BCUT2D eigenvalue weighted by Gasteiger charge is 2.18. The molecule has 88 valence electrons. The Kier molecular flexibility index (Phi) is 3.29. The van der Waals surface area contributed by atoms with Crippen LogP contribution in [0.3, 0.4) is 0 Å². The lowest BCUT2D eigenvalue weighted by Gasteiger charge is -2.06. The summed E-state index contributed by atoms with van der Waals surface area (Å²) < 4.78 is 1.96. The maximum atomic E-state index is 10.7. The lowest BCUT2D eigenvalue weighted by atomic mass is 10.1. The number of aromatic nitrogens is 1. The first-order chi connectivity index (χ1) is 7.66. The van der Waals surface area contributed by atoms with Crippen molar-refractivity contribution >= 4 is 5.91 Å². The third-order valence-electron chi connectivity index (χ3n) is 3.15. The van der Waals surface area contributed by atoms with Crippen LogP contribution < -0.4 is 5.73 Å². The monoisotopic (exact) mass is 222 g/mol. The molecule has 0 fully saturated rings. The minimum atomic E-state index is -0.340. The Bertz CT molecular complexity index is 384. The summed E-state index contributed by atoms with van der Waals surface area (Å²) in [5.41, 5.74) is 7.36. The molecule has 3 N–H and O–H groups in total. The first-order valence-corrected chi connectivity index (χ1v) is 5.82. The highest BCUT2D eigenvalue weighted by Crippen LogP contribution is 2.29. The second-order valence-electron chi connectivity index (χ2n) is 4.45. The molecule has 1 aliphatic carbocycles. The fraction of sp³-hybridized carbons (Fsp3) is 0.583. The Morgan fingerprint density at radius 2 is 2.31 bits per heavy atom. The average molecular weight is 222 g/mol. The van der Waals surface area contributed by atoms with Gasteiger partial charge in [0, 0.05) is 30.9 Å². The number of rotatable bonds is 3. The fourth-order valence-electron chi connectivity index (χ4n) is 2.26. The van der Waals surface area contributed by atoms with Crippen LogP contribution in [0.2, 0.25) is 0 Å². The summed E-state index contributed by atoms with van der Waals surface area (Å²) in [6, 6.07) is 0. The molecule has 4 nitrogen and oxygen atoms in total. The van der Waals surface area contributed by atoms with E-state index in [1.807, 2.05) is 17.0 Å². The van der Waals surface area contributed by atoms with E-state index in [4.69, 9.17) is 5.73 Å².